The third-order valence-electron chi connectivity index (χ3n) is 2.50. The fraction of sp³-hybridized carbons (Fsp3) is 0.462. The van der Waals surface area contributed by atoms with Crippen LogP contribution in [-0.4, -0.2) is 42.3 Å². The van der Waals surface area contributed by atoms with E-state index in [0.717, 1.165) is 6.42 Å². The van der Waals surface area contributed by atoms with Gasteiger partial charge in [-0.05, 0) is 18.6 Å². The van der Waals surface area contributed by atoms with Gasteiger partial charge in [0.2, 0.25) is 0 Å². The topological polar surface area (TPSA) is 61.8 Å². The Bertz CT molecular complexity index is 424. The number of hydrogen-bond donors (Lipinski definition) is 2. The van der Waals surface area contributed by atoms with Gasteiger partial charge in [-0.3, -0.25) is 0 Å². The molecule has 0 aliphatic rings. The molecular weight excluding hydrogens is 270 g/mol. The number of carbonyl (C=O) groups is 1. The van der Waals surface area contributed by atoms with Crippen molar-refractivity contribution in [2.45, 2.75) is 20.0 Å². The van der Waals surface area contributed by atoms with Crippen molar-refractivity contribution in [3.8, 4) is 5.75 Å². The molecule has 1 aromatic rings. The first-order valence-electron chi connectivity index (χ1n) is 6.29. The lowest BCUT2D eigenvalue weighted by Gasteiger charge is -2.22. The Morgan fingerprint density at radius 1 is 1.40 bits per heavy atom. The molecule has 5 nitrogen and oxygen atoms in total. The molecule has 1 rings (SSSR count). The van der Waals surface area contributed by atoms with Crippen molar-refractivity contribution < 1.29 is 23.4 Å². The van der Waals surface area contributed by atoms with Gasteiger partial charge in [-0.25, -0.2) is 4.79 Å². The zero-order valence-electron chi connectivity index (χ0n) is 11.2. The van der Waals surface area contributed by atoms with Gasteiger partial charge in [0, 0.05) is 13.1 Å². The molecule has 7 heteroatoms. The summed E-state index contributed by atoms with van der Waals surface area (Å²) in [7, 11) is 0. The van der Waals surface area contributed by atoms with E-state index in [0.29, 0.717) is 6.54 Å². The molecule has 0 aromatic heterocycles. The monoisotopic (exact) mass is 288 g/mol. The van der Waals surface area contributed by atoms with Crippen LogP contribution in [0.25, 0.3) is 0 Å². The summed E-state index contributed by atoms with van der Waals surface area (Å²) in [5.41, 5.74) is 0.164. The molecule has 0 unspecified atom stereocenters. The number of aliphatic hydroxyl groups excluding tert-OH is 1. The van der Waals surface area contributed by atoms with E-state index >= 15 is 0 Å². The fourth-order valence-corrected chi connectivity index (χ4v) is 1.67. The van der Waals surface area contributed by atoms with Crippen LogP contribution in [-0.2, 0) is 0 Å². The molecule has 0 atom stereocenters. The van der Waals surface area contributed by atoms with Gasteiger partial charge in [-0.2, -0.15) is 8.78 Å². The summed E-state index contributed by atoms with van der Waals surface area (Å²) in [5, 5.41) is 11.4. The number of rotatable bonds is 7. The lowest BCUT2D eigenvalue weighted by atomic mass is 10.3. The van der Waals surface area contributed by atoms with Crippen LogP contribution in [0.1, 0.15) is 13.3 Å². The van der Waals surface area contributed by atoms with Crippen LogP contribution in [0.2, 0.25) is 0 Å². The van der Waals surface area contributed by atoms with Crippen LogP contribution in [0.4, 0.5) is 19.3 Å². The van der Waals surface area contributed by atoms with E-state index in [2.05, 4.69) is 10.1 Å². The highest BCUT2D eigenvalue weighted by molar-refractivity contribution is 5.90. The Labute approximate surface area is 116 Å². The molecule has 0 bridgehead atoms. The Kier molecular flexibility index (Phi) is 6.72. The number of carbonyl (C=O) groups excluding carboxylic acids is 1. The third-order valence-corrected chi connectivity index (χ3v) is 2.50. The first kappa shape index (κ1) is 16.2. The SMILES string of the molecule is CCCN(CCO)C(=O)Nc1ccccc1OC(F)F. The minimum absolute atomic E-state index is 0.101. The number of aliphatic hydroxyl groups is 1. The van der Waals surface area contributed by atoms with Gasteiger partial charge in [0.05, 0.1) is 12.3 Å². The molecule has 0 fully saturated rings. The zero-order valence-corrected chi connectivity index (χ0v) is 11.2. The maximum Gasteiger partial charge on any atom is 0.387 e. The smallest absolute Gasteiger partial charge is 0.387 e. The number of para-hydroxylation sites is 2. The second-order valence-electron chi connectivity index (χ2n) is 4.02. The molecule has 1 aromatic carbocycles. The molecule has 0 aliphatic heterocycles. The van der Waals surface area contributed by atoms with E-state index in [1.807, 2.05) is 6.92 Å². The first-order chi connectivity index (χ1) is 9.58. The Balaban J connectivity index is 2.78. The van der Waals surface area contributed by atoms with E-state index in [4.69, 9.17) is 5.11 Å². The summed E-state index contributed by atoms with van der Waals surface area (Å²) < 4.78 is 28.8. The summed E-state index contributed by atoms with van der Waals surface area (Å²) >= 11 is 0. The van der Waals surface area contributed by atoms with Crippen molar-refractivity contribution in [2.75, 3.05) is 25.0 Å². The molecule has 0 saturated carbocycles. The van der Waals surface area contributed by atoms with Gasteiger partial charge in [0.25, 0.3) is 0 Å². The largest absolute Gasteiger partial charge is 0.433 e. The quantitative estimate of drug-likeness (QED) is 0.810. The number of benzene rings is 1. The van der Waals surface area contributed by atoms with Crippen molar-refractivity contribution in [1.29, 1.82) is 0 Å². The lowest BCUT2D eigenvalue weighted by molar-refractivity contribution is -0.0493. The van der Waals surface area contributed by atoms with Crippen molar-refractivity contribution in [1.82, 2.24) is 4.90 Å². The van der Waals surface area contributed by atoms with Crippen molar-refractivity contribution >= 4 is 11.7 Å². The standard InChI is InChI=1S/C13H18F2N2O3/c1-2-7-17(8-9-18)13(19)16-10-5-3-4-6-11(10)20-12(14)15/h3-6,12,18H,2,7-9H2,1H3,(H,16,19). The molecule has 0 spiro atoms. The molecule has 20 heavy (non-hydrogen) atoms. The Morgan fingerprint density at radius 2 is 2.10 bits per heavy atom. The fourth-order valence-electron chi connectivity index (χ4n) is 1.67. The van der Waals surface area contributed by atoms with Crippen molar-refractivity contribution in [3.63, 3.8) is 0 Å². The molecule has 112 valence electrons. The summed E-state index contributed by atoms with van der Waals surface area (Å²) in [5.74, 6) is -0.101. The van der Waals surface area contributed by atoms with Gasteiger partial charge in [0.1, 0.15) is 5.75 Å². The van der Waals surface area contributed by atoms with E-state index in [1.54, 1.807) is 6.07 Å². The summed E-state index contributed by atoms with van der Waals surface area (Å²) in [6.07, 6.45) is 0.725. The predicted octanol–water partition coefficient (Wildman–Crippen LogP) is 2.52. The second kappa shape index (κ2) is 8.31. The molecule has 0 aliphatic carbocycles. The number of amides is 2. The van der Waals surface area contributed by atoms with Crippen LogP contribution in [0, 0.1) is 0 Å². The molecule has 0 radical (unpaired) electrons. The number of nitrogens with one attached hydrogen (secondary N) is 1. The van der Waals surface area contributed by atoms with Gasteiger partial charge in [-0.1, -0.05) is 19.1 Å². The maximum absolute atomic E-state index is 12.3. The van der Waals surface area contributed by atoms with Crippen molar-refractivity contribution in [3.05, 3.63) is 24.3 Å². The van der Waals surface area contributed by atoms with E-state index in [1.165, 1.54) is 23.1 Å². The van der Waals surface area contributed by atoms with Crippen LogP contribution in [0.15, 0.2) is 24.3 Å². The van der Waals surface area contributed by atoms with Crippen molar-refractivity contribution in [2.24, 2.45) is 0 Å². The molecule has 2 amide bonds. The second-order valence-corrected chi connectivity index (χ2v) is 4.02. The minimum Gasteiger partial charge on any atom is -0.433 e. The average Bonchev–Trinajstić information content (AvgIpc) is 2.40. The molecule has 2 N–H and O–H groups in total. The highest BCUT2D eigenvalue weighted by atomic mass is 19.3. The van der Waals surface area contributed by atoms with Crippen LogP contribution in [0.5, 0.6) is 5.75 Å². The predicted molar refractivity (Wildman–Crippen MR) is 71.0 cm³/mol. The number of anilines is 1. The lowest BCUT2D eigenvalue weighted by Crippen LogP contribution is -2.37. The Morgan fingerprint density at radius 3 is 2.70 bits per heavy atom. The van der Waals surface area contributed by atoms with Gasteiger partial charge < -0.3 is 20.1 Å². The highest BCUT2D eigenvalue weighted by Crippen LogP contribution is 2.25. The average molecular weight is 288 g/mol. The van der Waals surface area contributed by atoms with Gasteiger partial charge in [-0.15, -0.1) is 0 Å². The summed E-state index contributed by atoms with van der Waals surface area (Å²) in [6, 6.07) is 5.48. The number of hydrogen-bond acceptors (Lipinski definition) is 3. The number of nitrogens with zero attached hydrogens (tertiary/aromatic N) is 1. The van der Waals surface area contributed by atoms with Gasteiger partial charge in [0.15, 0.2) is 0 Å². The van der Waals surface area contributed by atoms with E-state index in [9.17, 15) is 13.6 Å². The van der Waals surface area contributed by atoms with E-state index in [-0.39, 0.29) is 24.6 Å². The Hall–Kier alpha value is -1.89. The first-order valence-corrected chi connectivity index (χ1v) is 6.29. The number of urea groups is 1. The maximum atomic E-state index is 12.3. The van der Waals surface area contributed by atoms with Gasteiger partial charge >= 0.3 is 12.6 Å². The number of alkyl halides is 2. The summed E-state index contributed by atoms with van der Waals surface area (Å²) in [6.45, 7) is -0.590. The number of halogens is 2. The molecular formula is C13H18F2N2O3. The molecule has 0 saturated heterocycles. The van der Waals surface area contributed by atoms with Crippen LogP contribution >= 0.6 is 0 Å². The minimum atomic E-state index is -2.96. The number of ether oxygens (including phenoxy) is 1. The zero-order chi connectivity index (χ0) is 15.0. The van der Waals surface area contributed by atoms with Crippen LogP contribution in [0.3, 0.4) is 0 Å². The molecule has 0 heterocycles. The highest BCUT2D eigenvalue weighted by Gasteiger charge is 2.15. The summed E-state index contributed by atoms with van der Waals surface area (Å²) in [4.78, 5) is 13.4. The van der Waals surface area contributed by atoms with E-state index < -0.39 is 12.6 Å². The van der Waals surface area contributed by atoms with Crippen LogP contribution < -0.4 is 10.1 Å². The third kappa shape index (κ3) is 5.00. The normalized spacial score (nSPS) is 10.4.